The van der Waals surface area contributed by atoms with Gasteiger partial charge in [0.05, 0.1) is 0 Å². The Morgan fingerprint density at radius 1 is 1.56 bits per heavy atom. The normalized spacial score (nSPS) is 6.78. The van der Waals surface area contributed by atoms with Crippen LogP contribution in [0.5, 0.6) is 0 Å². The van der Waals surface area contributed by atoms with Crippen molar-refractivity contribution in [2.45, 2.75) is 6.92 Å². The molecule has 0 amide bonds. The Morgan fingerprint density at radius 2 is 2.22 bits per heavy atom. The molecule has 45 valence electrons. The van der Waals surface area contributed by atoms with Crippen molar-refractivity contribution in [2.75, 3.05) is 0 Å². The maximum atomic E-state index is 3.82. The van der Waals surface area contributed by atoms with Gasteiger partial charge in [-0.05, 0) is 0 Å². The van der Waals surface area contributed by atoms with Crippen molar-refractivity contribution in [3.8, 4) is 0 Å². The standard InChI is InChI=1S/C6H5N.W.Y/c1-6-4-2-3-5-7-6;;/h3-4H,1H3;;/q-2;;. The minimum Gasteiger partial charge on any atom is -0.526 e. The van der Waals surface area contributed by atoms with E-state index in [1.807, 2.05) is 13.0 Å². The van der Waals surface area contributed by atoms with Gasteiger partial charge in [0.1, 0.15) is 0 Å². The van der Waals surface area contributed by atoms with Crippen LogP contribution in [-0.4, -0.2) is 4.98 Å². The van der Waals surface area contributed by atoms with Crippen molar-refractivity contribution in [1.29, 1.82) is 0 Å². The molecule has 1 heterocycles. The molecule has 0 saturated carbocycles. The molecule has 0 aromatic carbocycles. The average Bonchev–Trinajstić information content (AvgIpc) is 1.69. The van der Waals surface area contributed by atoms with E-state index >= 15 is 0 Å². The molecule has 0 atom stereocenters. The average molecular weight is 364 g/mol. The van der Waals surface area contributed by atoms with E-state index < -0.39 is 0 Å². The van der Waals surface area contributed by atoms with Gasteiger partial charge in [-0.25, -0.2) is 0 Å². The fourth-order valence-corrected chi connectivity index (χ4v) is 0.366. The summed E-state index contributed by atoms with van der Waals surface area (Å²) >= 11 is 0. The molecule has 0 aliphatic rings. The Hall–Kier alpha value is 0.942. The summed E-state index contributed by atoms with van der Waals surface area (Å²) in [7, 11) is 0. The second-order valence-electron chi connectivity index (χ2n) is 1.34. The largest absolute Gasteiger partial charge is 0.526 e. The summed E-state index contributed by atoms with van der Waals surface area (Å²) in [5, 5.41) is 0. The fraction of sp³-hybridized carbons (Fsp3) is 0.167. The number of aryl methyl sites for hydroxylation is 1. The quantitative estimate of drug-likeness (QED) is 0.626. The molecule has 1 aromatic rings. The molecule has 1 aromatic heterocycles. The summed E-state index contributed by atoms with van der Waals surface area (Å²) in [4.78, 5) is 3.82. The Bertz CT molecular complexity index is 143. The van der Waals surface area contributed by atoms with Crippen molar-refractivity contribution in [2.24, 2.45) is 0 Å². The maximum Gasteiger partial charge on any atom is 0 e. The van der Waals surface area contributed by atoms with Gasteiger partial charge in [-0.1, -0.05) is 0 Å². The van der Waals surface area contributed by atoms with Crippen LogP contribution in [0.15, 0.2) is 12.1 Å². The van der Waals surface area contributed by atoms with Gasteiger partial charge in [0.25, 0.3) is 0 Å². The summed E-state index contributed by atoms with van der Waals surface area (Å²) in [6.45, 7) is 1.91. The predicted molar refractivity (Wildman–Crippen MR) is 26.6 cm³/mol. The maximum absolute atomic E-state index is 3.82. The van der Waals surface area contributed by atoms with Crippen molar-refractivity contribution >= 4 is 0 Å². The first-order valence-corrected chi connectivity index (χ1v) is 2.10. The molecular weight excluding hydrogens is 359 g/mol. The van der Waals surface area contributed by atoms with E-state index in [0.29, 0.717) is 0 Å². The third-order valence-electron chi connectivity index (χ3n) is 0.681. The Morgan fingerprint density at radius 3 is 2.44 bits per heavy atom. The number of hydrogen-bond donors (Lipinski definition) is 0. The molecule has 0 bridgehead atoms. The van der Waals surface area contributed by atoms with Gasteiger partial charge in [-0.3, -0.25) is 18.3 Å². The zero-order valence-corrected chi connectivity index (χ0v) is 10.9. The summed E-state index contributed by atoms with van der Waals surface area (Å²) in [5.74, 6) is 0. The SMILES string of the molecule is Cc1c[c-]c[c-]n1.[W].[Y]. The van der Waals surface area contributed by atoms with E-state index in [4.69, 9.17) is 0 Å². The Kier molecular flexibility index (Phi) is 9.88. The molecule has 0 aliphatic carbocycles. The Balaban J connectivity index is 0. The molecule has 1 radical (unpaired) electrons. The second-order valence-corrected chi connectivity index (χ2v) is 1.34. The van der Waals surface area contributed by atoms with Crippen molar-refractivity contribution < 1.29 is 53.8 Å². The molecule has 0 unspecified atom stereocenters. The molecule has 1 rings (SSSR count). The van der Waals surface area contributed by atoms with Crippen LogP contribution >= 0.6 is 0 Å². The topological polar surface area (TPSA) is 12.9 Å². The van der Waals surface area contributed by atoms with Crippen LogP contribution < -0.4 is 0 Å². The zero-order chi connectivity index (χ0) is 5.11. The first-order valence-electron chi connectivity index (χ1n) is 2.10. The molecule has 0 saturated heterocycles. The van der Waals surface area contributed by atoms with E-state index in [1.165, 1.54) is 0 Å². The van der Waals surface area contributed by atoms with E-state index in [-0.39, 0.29) is 53.8 Å². The monoisotopic (exact) mass is 364 g/mol. The first-order chi connectivity index (χ1) is 3.39. The minimum absolute atomic E-state index is 0. The Labute approximate surface area is 94.8 Å². The molecule has 0 fully saturated rings. The molecule has 0 aliphatic heterocycles. The van der Waals surface area contributed by atoms with Crippen LogP contribution in [0.2, 0.25) is 0 Å². The molecule has 0 spiro atoms. The molecular formula is C6H5NWY-2. The molecule has 9 heavy (non-hydrogen) atoms. The van der Waals surface area contributed by atoms with Crippen LogP contribution in [0.25, 0.3) is 0 Å². The summed E-state index contributed by atoms with van der Waals surface area (Å²) in [6, 6.07) is 6.32. The summed E-state index contributed by atoms with van der Waals surface area (Å²) < 4.78 is 0. The number of rotatable bonds is 0. The summed E-state index contributed by atoms with van der Waals surface area (Å²) in [5.41, 5.74) is 0.961. The van der Waals surface area contributed by atoms with Gasteiger partial charge in [-0.2, -0.15) is 5.69 Å². The van der Waals surface area contributed by atoms with E-state index in [1.54, 1.807) is 6.07 Å². The smallest absolute Gasteiger partial charge is 0 e. The van der Waals surface area contributed by atoms with Crippen LogP contribution in [0.3, 0.4) is 0 Å². The predicted octanol–water partition coefficient (Wildman–Crippen LogP) is 0.985. The second kappa shape index (κ2) is 7.05. The third-order valence-corrected chi connectivity index (χ3v) is 0.681. The van der Waals surface area contributed by atoms with Gasteiger partial charge in [0.15, 0.2) is 0 Å². The zero-order valence-electron chi connectivity index (χ0n) is 5.09. The number of nitrogens with zero attached hydrogens (tertiary/aromatic N) is 1. The molecule has 1 nitrogen and oxygen atoms in total. The van der Waals surface area contributed by atoms with Crippen LogP contribution in [0.4, 0.5) is 0 Å². The van der Waals surface area contributed by atoms with E-state index in [9.17, 15) is 0 Å². The number of pyridine rings is 1. The van der Waals surface area contributed by atoms with Gasteiger partial charge >= 0.3 is 0 Å². The van der Waals surface area contributed by atoms with Crippen LogP contribution in [0.1, 0.15) is 5.69 Å². The van der Waals surface area contributed by atoms with Crippen molar-refractivity contribution in [3.63, 3.8) is 0 Å². The number of aromatic nitrogens is 1. The van der Waals surface area contributed by atoms with E-state index in [2.05, 4.69) is 17.2 Å². The van der Waals surface area contributed by atoms with Gasteiger partial charge < -0.3 is 11.1 Å². The number of hydrogen-bond acceptors (Lipinski definition) is 1. The van der Waals surface area contributed by atoms with Crippen molar-refractivity contribution in [1.82, 2.24) is 4.98 Å². The summed E-state index contributed by atoms with van der Waals surface area (Å²) in [6.07, 6.45) is 2.66. The third kappa shape index (κ3) is 5.39. The van der Waals surface area contributed by atoms with Crippen LogP contribution in [-0.2, 0) is 53.8 Å². The van der Waals surface area contributed by atoms with Crippen molar-refractivity contribution in [3.05, 3.63) is 30.1 Å². The van der Waals surface area contributed by atoms with Crippen LogP contribution in [0, 0.1) is 19.2 Å². The molecule has 3 heteroatoms. The fourth-order valence-electron chi connectivity index (χ4n) is 0.366. The van der Waals surface area contributed by atoms with E-state index in [0.717, 1.165) is 5.69 Å². The first kappa shape index (κ1) is 12.6. The van der Waals surface area contributed by atoms with Gasteiger partial charge in [0.2, 0.25) is 0 Å². The van der Waals surface area contributed by atoms with Gasteiger partial charge in [-0.15, -0.1) is 6.92 Å². The molecule has 0 N–H and O–H groups in total. The van der Waals surface area contributed by atoms with Gasteiger partial charge in [0, 0.05) is 53.8 Å². The minimum atomic E-state index is 0.